The summed E-state index contributed by atoms with van der Waals surface area (Å²) in [4.78, 5) is 3.85. The van der Waals surface area contributed by atoms with Crippen LogP contribution in [0.15, 0.2) is 30.7 Å². The third-order valence-electron chi connectivity index (χ3n) is 1.25. The van der Waals surface area contributed by atoms with Crippen LogP contribution in [0.2, 0.25) is 0 Å². The Hall–Kier alpha value is -1.55. The lowest BCUT2D eigenvalue weighted by atomic mass is 10.2. The number of pyridine rings is 1. The Balaban J connectivity index is 2.85. The number of hydrazine groups is 1. The van der Waals surface area contributed by atoms with Gasteiger partial charge >= 0.3 is 0 Å². The maximum atomic E-state index is 5.60. The number of nitrogens with two attached hydrogens (primary N) is 2. The van der Waals surface area contributed by atoms with Crippen LogP contribution in [0.1, 0.15) is 5.56 Å². The highest BCUT2D eigenvalue weighted by molar-refractivity contribution is 5.61. The Bertz CT molecular complexity index is 242. The first-order valence-electron chi connectivity index (χ1n) is 3.17. The molecule has 0 aromatic carbocycles. The lowest BCUT2D eigenvalue weighted by molar-refractivity contribution is 0.967. The Morgan fingerprint density at radius 1 is 1.45 bits per heavy atom. The zero-order chi connectivity index (χ0) is 8.10. The summed E-state index contributed by atoms with van der Waals surface area (Å²) < 4.78 is 0. The van der Waals surface area contributed by atoms with Gasteiger partial charge in [0.1, 0.15) is 0 Å². The number of hydrogen-bond acceptors (Lipinski definition) is 4. The Kier molecular flexibility index (Phi) is 2.46. The second-order valence-corrected chi connectivity index (χ2v) is 2.00. The lowest BCUT2D eigenvalue weighted by Gasteiger charge is -1.98. The summed E-state index contributed by atoms with van der Waals surface area (Å²) in [7, 11) is 0. The molecule has 0 saturated heterocycles. The van der Waals surface area contributed by atoms with Crippen LogP contribution in [0.25, 0.3) is 5.70 Å². The highest BCUT2D eigenvalue weighted by atomic mass is 15.2. The van der Waals surface area contributed by atoms with Crippen LogP contribution in [0.5, 0.6) is 0 Å². The van der Waals surface area contributed by atoms with Crippen molar-refractivity contribution in [2.75, 3.05) is 0 Å². The molecule has 0 unspecified atom stereocenters. The van der Waals surface area contributed by atoms with Crippen molar-refractivity contribution in [2.24, 2.45) is 11.6 Å². The van der Waals surface area contributed by atoms with Crippen LogP contribution in [0, 0.1) is 0 Å². The van der Waals surface area contributed by atoms with Crippen LogP contribution in [-0.4, -0.2) is 4.98 Å². The van der Waals surface area contributed by atoms with Gasteiger partial charge in [-0.1, -0.05) is 0 Å². The molecule has 0 bridgehead atoms. The summed E-state index contributed by atoms with van der Waals surface area (Å²) in [5, 5.41) is 0. The van der Waals surface area contributed by atoms with Crippen molar-refractivity contribution in [1.82, 2.24) is 10.4 Å². The highest BCUT2D eigenvalue weighted by Crippen LogP contribution is 2.03. The molecular weight excluding hydrogens is 140 g/mol. The molecule has 5 N–H and O–H groups in total. The van der Waals surface area contributed by atoms with E-state index in [1.165, 1.54) is 6.20 Å². The van der Waals surface area contributed by atoms with E-state index >= 15 is 0 Å². The normalized spacial score (nSPS) is 11.2. The number of hydrogen-bond donors (Lipinski definition) is 3. The van der Waals surface area contributed by atoms with Crippen molar-refractivity contribution < 1.29 is 0 Å². The van der Waals surface area contributed by atoms with E-state index < -0.39 is 0 Å². The van der Waals surface area contributed by atoms with E-state index in [1.54, 1.807) is 12.4 Å². The van der Waals surface area contributed by atoms with E-state index in [9.17, 15) is 0 Å². The predicted molar refractivity (Wildman–Crippen MR) is 43.7 cm³/mol. The van der Waals surface area contributed by atoms with Crippen molar-refractivity contribution in [3.05, 3.63) is 36.3 Å². The van der Waals surface area contributed by atoms with Gasteiger partial charge in [-0.25, -0.2) is 0 Å². The van der Waals surface area contributed by atoms with Crippen LogP contribution >= 0.6 is 0 Å². The first-order valence-corrected chi connectivity index (χ1v) is 3.17. The summed E-state index contributed by atoms with van der Waals surface area (Å²) in [6.45, 7) is 0. The fourth-order valence-corrected chi connectivity index (χ4v) is 0.717. The van der Waals surface area contributed by atoms with Crippen molar-refractivity contribution in [3.63, 3.8) is 0 Å². The molecule has 4 heteroatoms. The predicted octanol–water partition coefficient (Wildman–Crippen LogP) is -0.198. The average molecular weight is 150 g/mol. The van der Waals surface area contributed by atoms with Gasteiger partial charge in [-0.3, -0.25) is 10.8 Å². The van der Waals surface area contributed by atoms with E-state index in [4.69, 9.17) is 11.6 Å². The topological polar surface area (TPSA) is 77.0 Å². The molecule has 11 heavy (non-hydrogen) atoms. The molecule has 0 aliphatic heterocycles. The van der Waals surface area contributed by atoms with Gasteiger partial charge in [-0.05, 0) is 12.1 Å². The summed E-state index contributed by atoms with van der Waals surface area (Å²) >= 11 is 0. The van der Waals surface area contributed by atoms with E-state index in [0.717, 1.165) is 5.56 Å². The maximum Gasteiger partial charge on any atom is 0.0562 e. The first-order chi connectivity index (χ1) is 5.34. The number of nitrogens with zero attached hydrogens (tertiary/aromatic N) is 1. The largest absolute Gasteiger partial charge is 0.397 e. The molecule has 0 radical (unpaired) electrons. The summed E-state index contributed by atoms with van der Waals surface area (Å²) in [6, 6.07) is 3.62. The second-order valence-electron chi connectivity index (χ2n) is 2.00. The zero-order valence-corrected chi connectivity index (χ0v) is 5.99. The van der Waals surface area contributed by atoms with Crippen molar-refractivity contribution in [1.29, 1.82) is 0 Å². The molecular formula is C7H10N4. The van der Waals surface area contributed by atoms with Gasteiger partial charge in [0.2, 0.25) is 0 Å². The standard InChI is InChI=1S/C7H10N4/c8-7(5-11-9)6-1-3-10-4-2-6/h1-5,11H,8-9H2/b7-5-. The molecule has 1 rings (SSSR count). The van der Waals surface area contributed by atoms with Gasteiger partial charge in [0.15, 0.2) is 0 Å². The third kappa shape index (κ3) is 1.94. The smallest absolute Gasteiger partial charge is 0.0562 e. The molecule has 0 saturated carbocycles. The Morgan fingerprint density at radius 2 is 2.09 bits per heavy atom. The number of rotatable bonds is 2. The third-order valence-corrected chi connectivity index (χ3v) is 1.25. The van der Waals surface area contributed by atoms with E-state index in [2.05, 4.69) is 10.4 Å². The van der Waals surface area contributed by atoms with Gasteiger partial charge in [0.25, 0.3) is 0 Å². The van der Waals surface area contributed by atoms with Crippen LogP contribution in [0.4, 0.5) is 0 Å². The zero-order valence-electron chi connectivity index (χ0n) is 5.99. The maximum absolute atomic E-state index is 5.60. The molecule has 0 aliphatic carbocycles. The van der Waals surface area contributed by atoms with Gasteiger partial charge < -0.3 is 11.2 Å². The van der Waals surface area contributed by atoms with Crippen LogP contribution in [0.3, 0.4) is 0 Å². The SMILES string of the molecule is NN/C=C(\N)c1ccncc1. The summed E-state index contributed by atoms with van der Waals surface area (Å²) in [5.41, 5.74) is 9.45. The van der Waals surface area contributed by atoms with Crippen molar-refractivity contribution in [3.8, 4) is 0 Å². The number of nitrogens with one attached hydrogen (secondary N) is 1. The quantitative estimate of drug-likeness (QED) is 0.403. The molecule has 1 aromatic heterocycles. The van der Waals surface area contributed by atoms with Gasteiger partial charge in [0.05, 0.1) is 5.70 Å². The lowest BCUT2D eigenvalue weighted by Crippen LogP contribution is -2.16. The molecule has 0 amide bonds. The molecule has 0 spiro atoms. The molecule has 1 aromatic rings. The first kappa shape index (κ1) is 7.56. The van der Waals surface area contributed by atoms with E-state index in [0.29, 0.717) is 5.70 Å². The fraction of sp³-hybridized carbons (Fsp3) is 0. The molecule has 0 atom stereocenters. The number of aromatic nitrogens is 1. The summed E-state index contributed by atoms with van der Waals surface area (Å²) in [6.07, 6.45) is 4.87. The Labute approximate surface area is 64.9 Å². The second kappa shape index (κ2) is 3.58. The molecule has 4 nitrogen and oxygen atoms in total. The minimum atomic E-state index is 0.593. The molecule has 0 fully saturated rings. The van der Waals surface area contributed by atoms with Crippen LogP contribution < -0.4 is 17.0 Å². The van der Waals surface area contributed by atoms with Gasteiger partial charge in [0, 0.05) is 24.2 Å². The minimum Gasteiger partial charge on any atom is -0.397 e. The van der Waals surface area contributed by atoms with E-state index in [1.807, 2.05) is 12.1 Å². The molecule has 0 aliphatic rings. The fourth-order valence-electron chi connectivity index (χ4n) is 0.717. The average Bonchev–Trinajstić information content (AvgIpc) is 2.07. The van der Waals surface area contributed by atoms with Crippen LogP contribution in [-0.2, 0) is 0 Å². The Morgan fingerprint density at radius 3 is 2.64 bits per heavy atom. The van der Waals surface area contributed by atoms with Gasteiger partial charge in [-0.15, -0.1) is 0 Å². The molecule has 58 valence electrons. The minimum absolute atomic E-state index is 0.593. The summed E-state index contributed by atoms with van der Waals surface area (Å²) in [5.74, 6) is 5.04. The van der Waals surface area contributed by atoms with Crippen molar-refractivity contribution in [2.45, 2.75) is 0 Å². The monoisotopic (exact) mass is 150 g/mol. The molecule has 1 heterocycles. The van der Waals surface area contributed by atoms with Gasteiger partial charge in [-0.2, -0.15) is 0 Å². The van der Waals surface area contributed by atoms with Crippen molar-refractivity contribution >= 4 is 5.70 Å². The van der Waals surface area contributed by atoms with E-state index in [-0.39, 0.29) is 0 Å². The highest BCUT2D eigenvalue weighted by Gasteiger charge is 1.91.